The van der Waals surface area contributed by atoms with Crippen molar-refractivity contribution in [2.75, 3.05) is 6.61 Å². The van der Waals surface area contributed by atoms with E-state index >= 15 is 0 Å². The van der Waals surface area contributed by atoms with Gasteiger partial charge in [0.1, 0.15) is 17.3 Å². The average Bonchev–Trinajstić information content (AvgIpc) is 2.36. The maximum atomic E-state index is 11.5. The largest absolute Gasteiger partial charge is 0.456 e. The van der Waals surface area contributed by atoms with Gasteiger partial charge in [-0.25, -0.2) is 0 Å². The fourth-order valence-corrected chi connectivity index (χ4v) is 4.59. The molecule has 20 heavy (non-hydrogen) atoms. The smallest absolute Gasteiger partial charge is 0.303 e. The summed E-state index contributed by atoms with van der Waals surface area (Å²) in [5.74, 6) is -0.541. The molecule has 0 aromatic rings. The van der Waals surface area contributed by atoms with Crippen molar-refractivity contribution < 1.29 is 24.5 Å². The Kier molecular flexibility index (Phi) is 3.55. The second kappa shape index (κ2) is 4.97. The molecule has 0 spiro atoms. The van der Waals surface area contributed by atoms with Crippen molar-refractivity contribution in [3.8, 4) is 0 Å². The number of aliphatic hydroxyl groups excluding tert-OH is 1. The fraction of sp³-hybridized carbons (Fsp3) is 0.933. The van der Waals surface area contributed by atoms with E-state index in [9.17, 15) is 15.0 Å². The minimum absolute atomic E-state index is 0.209. The van der Waals surface area contributed by atoms with Gasteiger partial charge in [0.15, 0.2) is 0 Å². The lowest BCUT2D eigenvalue weighted by atomic mass is 9.49. The summed E-state index contributed by atoms with van der Waals surface area (Å²) in [6, 6.07) is 0. The van der Waals surface area contributed by atoms with Crippen molar-refractivity contribution in [3.63, 3.8) is 0 Å². The summed E-state index contributed by atoms with van der Waals surface area (Å²) in [6.45, 7) is 1.81. The first-order chi connectivity index (χ1) is 9.52. The van der Waals surface area contributed by atoms with Crippen LogP contribution in [0, 0.1) is 5.92 Å². The minimum atomic E-state index is -1.24. The second-order valence-electron chi connectivity index (χ2n) is 6.50. The van der Waals surface area contributed by atoms with E-state index in [-0.39, 0.29) is 11.9 Å². The van der Waals surface area contributed by atoms with E-state index in [4.69, 9.17) is 9.47 Å². The second-order valence-corrected chi connectivity index (χ2v) is 6.50. The van der Waals surface area contributed by atoms with Gasteiger partial charge in [0.2, 0.25) is 0 Å². The summed E-state index contributed by atoms with van der Waals surface area (Å²) < 4.78 is 11.4. The van der Waals surface area contributed by atoms with Crippen molar-refractivity contribution in [2.24, 2.45) is 5.92 Å². The highest BCUT2D eigenvalue weighted by Gasteiger charge is 2.76. The van der Waals surface area contributed by atoms with Crippen molar-refractivity contribution in [1.29, 1.82) is 0 Å². The van der Waals surface area contributed by atoms with Gasteiger partial charge in [-0.3, -0.25) is 4.79 Å². The Balaban J connectivity index is 1.94. The number of aliphatic hydroxyl groups is 2. The number of hydrogen-bond donors (Lipinski definition) is 2. The molecule has 0 bridgehead atoms. The van der Waals surface area contributed by atoms with E-state index in [0.717, 1.165) is 38.5 Å². The summed E-state index contributed by atoms with van der Waals surface area (Å²) >= 11 is 0. The van der Waals surface area contributed by atoms with Gasteiger partial charge in [-0.05, 0) is 25.7 Å². The van der Waals surface area contributed by atoms with Crippen LogP contribution in [0.1, 0.15) is 51.9 Å². The van der Waals surface area contributed by atoms with Crippen LogP contribution in [0.25, 0.3) is 0 Å². The molecule has 5 atom stereocenters. The highest BCUT2D eigenvalue weighted by molar-refractivity contribution is 5.67. The van der Waals surface area contributed by atoms with Crippen molar-refractivity contribution in [1.82, 2.24) is 0 Å². The Morgan fingerprint density at radius 2 is 2.00 bits per heavy atom. The van der Waals surface area contributed by atoms with Gasteiger partial charge in [0, 0.05) is 19.4 Å². The first kappa shape index (κ1) is 14.3. The number of ether oxygens (including phenoxy) is 2. The fourth-order valence-electron chi connectivity index (χ4n) is 4.59. The Hall–Kier alpha value is -0.650. The summed E-state index contributed by atoms with van der Waals surface area (Å²) in [5, 5.41) is 21.2. The van der Waals surface area contributed by atoms with Crippen molar-refractivity contribution >= 4 is 5.97 Å². The number of hydrogen-bond acceptors (Lipinski definition) is 5. The molecule has 1 aliphatic heterocycles. The highest BCUT2D eigenvalue weighted by Crippen LogP contribution is 2.60. The van der Waals surface area contributed by atoms with Gasteiger partial charge in [-0.1, -0.05) is 19.3 Å². The number of rotatable bonds is 1. The molecule has 5 heteroatoms. The normalized spacial score (nSPS) is 48.0. The molecule has 0 aromatic carbocycles. The molecule has 1 saturated heterocycles. The van der Waals surface area contributed by atoms with Crippen LogP contribution in [0.3, 0.4) is 0 Å². The lowest BCUT2D eigenvalue weighted by Crippen LogP contribution is -2.84. The molecule has 3 aliphatic rings. The van der Waals surface area contributed by atoms with Crippen molar-refractivity contribution in [2.45, 2.75) is 75.3 Å². The molecule has 3 rings (SSSR count). The third kappa shape index (κ3) is 1.83. The first-order valence-electron chi connectivity index (χ1n) is 7.73. The van der Waals surface area contributed by atoms with Crippen LogP contribution in [0.15, 0.2) is 0 Å². The molecule has 2 saturated carbocycles. The monoisotopic (exact) mass is 284 g/mol. The molecule has 3 fully saturated rings. The lowest BCUT2D eigenvalue weighted by Gasteiger charge is -2.67. The molecule has 0 amide bonds. The van der Waals surface area contributed by atoms with E-state index in [1.54, 1.807) is 0 Å². The summed E-state index contributed by atoms with van der Waals surface area (Å²) in [4.78, 5) is 11.5. The predicted molar refractivity (Wildman–Crippen MR) is 71.0 cm³/mol. The predicted octanol–water partition coefficient (Wildman–Crippen LogP) is 1.15. The van der Waals surface area contributed by atoms with Crippen LogP contribution in [0.5, 0.6) is 0 Å². The molecule has 2 N–H and O–H groups in total. The topological polar surface area (TPSA) is 76.0 Å². The van der Waals surface area contributed by atoms with E-state index < -0.39 is 23.4 Å². The van der Waals surface area contributed by atoms with E-state index in [2.05, 4.69) is 0 Å². The van der Waals surface area contributed by atoms with Gasteiger partial charge in [0.25, 0.3) is 0 Å². The Morgan fingerprint density at radius 1 is 1.25 bits per heavy atom. The van der Waals surface area contributed by atoms with E-state index in [1.165, 1.54) is 6.92 Å². The van der Waals surface area contributed by atoms with Crippen molar-refractivity contribution in [3.05, 3.63) is 0 Å². The number of carbonyl (C=O) groups is 1. The quantitative estimate of drug-likeness (QED) is 0.707. The maximum Gasteiger partial charge on any atom is 0.303 e. The Bertz CT molecular complexity index is 398. The maximum absolute atomic E-state index is 11.5. The summed E-state index contributed by atoms with van der Waals surface area (Å²) in [7, 11) is 0. The third-order valence-electron chi connectivity index (χ3n) is 5.37. The number of carbonyl (C=O) groups excluding carboxylic acids is 1. The van der Waals surface area contributed by atoms with E-state index in [1.807, 2.05) is 0 Å². The Labute approximate surface area is 119 Å². The number of fused-ring (bicyclic) bond motifs is 4. The number of esters is 1. The van der Waals surface area contributed by atoms with Crippen LogP contribution in [-0.4, -0.2) is 46.2 Å². The zero-order valence-electron chi connectivity index (χ0n) is 12.0. The van der Waals surface area contributed by atoms with Crippen LogP contribution in [0.4, 0.5) is 0 Å². The van der Waals surface area contributed by atoms with Gasteiger partial charge in [0.05, 0.1) is 6.10 Å². The summed E-state index contributed by atoms with van der Waals surface area (Å²) in [5.41, 5.74) is -1.98. The zero-order valence-corrected chi connectivity index (χ0v) is 12.0. The van der Waals surface area contributed by atoms with E-state index in [0.29, 0.717) is 13.0 Å². The molecule has 0 unspecified atom stereocenters. The zero-order chi connectivity index (χ0) is 14.4. The van der Waals surface area contributed by atoms with Gasteiger partial charge < -0.3 is 19.7 Å². The Morgan fingerprint density at radius 3 is 2.75 bits per heavy atom. The van der Waals surface area contributed by atoms with Gasteiger partial charge in [-0.15, -0.1) is 0 Å². The van der Waals surface area contributed by atoms with Crippen LogP contribution < -0.4 is 0 Å². The molecule has 5 nitrogen and oxygen atoms in total. The molecular formula is C15H24O5. The van der Waals surface area contributed by atoms with Gasteiger partial charge in [-0.2, -0.15) is 0 Å². The van der Waals surface area contributed by atoms with Gasteiger partial charge >= 0.3 is 5.97 Å². The lowest BCUT2D eigenvalue weighted by molar-refractivity contribution is -0.376. The van der Waals surface area contributed by atoms with Crippen LogP contribution >= 0.6 is 0 Å². The summed E-state index contributed by atoms with van der Waals surface area (Å²) in [6.07, 6.45) is 4.79. The molecule has 2 aliphatic carbocycles. The standard InChI is InChI=1S/C15H24O5/c1-10(16)20-14-8-5-3-2-4-6-11(14)15(18)12(17)7-9-19-13(14)15/h11-13,17-18H,2-9H2,1H3/t11-,12-,13+,14-,15-/m0/s1. The third-order valence-corrected chi connectivity index (χ3v) is 5.37. The average molecular weight is 284 g/mol. The molecular weight excluding hydrogens is 260 g/mol. The molecule has 0 radical (unpaired) electrons. The molecule has 1 heterocycles. The van der Waals surface area contributed by atoms with Crippen LogP contribution in [0.2, 0.25) is 0 Å². The minimum Gasteiger partial charge on any atom is -0.456 e. The SMILES string of the molecule is CC(=O)O[C@@]12CCCCCC[C@@H]1[C@@]1(O)[C@@H]2OCC[C@@H]1O. The first-order valence-corrected chi connectivity index (χ1v) is 7.73. The highest BCUT2D eigenvalue weighted by atomic mass is 16.6. The molecule has 114 valence electrons. The molecule has 0 aromatic heterocycles. The van der Waals surface area contributed by atoms with Crippen LogP contribution in [-0.2, 0) is 14.3 Å².